The van der Waals surface area contributed by atoms with Crippen molar-refractivity contribution in [2.24, 2.45) is 0 Å². The fourth-order valence-electron chi connectivity index (χ4n) is 1.40. The smallest absolute Gasteiger partial charge is 0.335 e. The Hall–Kier alpha value is -0.960. The Labute approximate surface area is 82.0 Å². The van der Waals surface area contributed by atoms with Crippen LogP contribution in [0.2, 0.25) is 0 Å². The molecule has 0 saturated carbocycles. The number of carboxylic acid groups (broad SMARTS) is 1. The highest BCUT2D eigenvalue weighted by atomic mass is 32.2. The van der Waals surface area contributed by atoms with Crippen LogP contribution in [0, 0.1) is 13.8 Å². The molecule has 1 aromatic rings. The van der Waals surface area contributed by atoms with Crippen molar-refractivity contribution in [3.63, 3.8) is 0 Å². The highest BCUT2D eigenvalue weighted by molar-refractivity contribution is 7.98. The van der Waals surface area contributed by atoms with Crippen LogP contribution in [0.1, 0.15) is 21.5 Å². The summed E-state index contributed by atoms with van der Waals surface area (Å²) in [7, 11) is 0. The van der Waals surface area contributed by atoms with E-state index in [0.717, 1.165) is 11.1 Å². The van der Waals surface area contributed by atoms with E-state index in [1.807, 2.05) is 20.1 Å². The number of thioether (sulfide) groups is 1. The van der Waals surface area contributed by atoms with Gasteiger partial charge in [-0.1, -0.05) is 0 Å². The maximum atomic E-state index is 10.7. The van der Waals surface area contributed by atoms with Gasteiger partial charge in [-0.25, -0.2) is 4.79 Å². The molecule has 13 heavy (non-hydrogen) atoms. The fourth-order valence-corrected chi connectivity index (χ4v) is 2.16. The predicted molar refractivity (Wildman–Crippen MR) is 54.7 cm³/mol. The summed E-state index contributed by atoms with van der Waals surface area (Å²) < 4.78 is 0. The Morgan fingerprint density at radius 3 is 2.08 bits per heavy atom. The number of hydrogen-bond donors (Lipinski definition) is 1. The van der Waals surface area contributed by atoms with Gasteiger partial charge in [0.05, 0.1) is 5.56 Å². The van der Waals surface area contributed by atoms with Gasteiger partial charge in [0.25, 0.3) is 0 Å². The van der Waals surface area contributed by atoms with Crippen LogP contribution in [0.3, 0.4) is 0 Å². The zero-order valence-corrected chi connectivity index (χ0v) is 8.73. The first-order valence-corrected chi connectivity index (χ1v) is 5.17. The van der Waals surface area contributed by atoms with E-state index in [1.54, 1.807) is 23.9 Å². The van der Waals surface area contributed by atoms with Gasteiger partial charge in [0.1, 0.15) is 0 Å². The lowest BCUT2D eigenvalue weighted by atomic mass is 10.1. The molecule has 0 aliphatic heterocycles. The van der Waals surface area contributed by atoms with E-state index in [0.29, 0.717) is 5.56 Å². The van der Waals surface area contributed by atoms with Crippen LogP contribution in [0.25, 0.3) is 0 Å². The first-order valence-electron chi connectivity index (χ1n) is 3.94. The third-order valence-electron chi connectivity index (χ3n) is 1.91. The molecule has 1 N–H and O–H groups in total. The molecule has 1 rings (SSSR count). The summed E-state index contributed by atoms with van der Waals surface area (Å²) in [5, 5.41) is 8.79. The lowest BCUT2D eigenvalue weighted by Gasteiger charge is -2.07. The van der Waals surface area contributed by atoms with Gasteiger partial charge in [0.2, 0.25) is 0 Å². The van der Waals surface area contributed by atoms with Crippen molar-refractivity contribution in [1.82, 2.24) is 0 Å². The second kappa shape index (κ2) is 3.83. The normalized spacial score (nSPS) is 10.1. The molecule has 0 radical (unpaired) electrons. The van der Waals surface area contributed by atoms with Gasteiger partial charge in [0, 0.05) is 4.90 Å². The summed E-state index contributed by atoms with van der Waals surface area (Å²) in [4.78, 5) is 11.9. The van der Waals surface area contributed by atoms with E-state index in [2.05, 4.69) is 0 Å². The minimum Gasteiger partial charge on any atom is -0.478 e. The van der Waals surface area contributed by atoms with E-state index < -0.39 is 5.97 Å². The molecule has 0 bridgehead atoms. The molecule has 0 aromatic heterocycles. The molecule has 1 aromatic carbocycles. The molecule has 0 heterocycles. The topological polar surface area (TPSA) is 37.3 Å². The third-order valence-corrected chi connectivity index (χ3v) is 2.96. The third kappa shape index (κ3) is 2.04. The van der Waals surface area contributed by atoms with Crippen LogP contribution in [0.4, 0.5) is 0 Å². The van der Waals surface area contributed by atoms with Crippen molar-refractivity contribution >= 4 is 17.7 Å². The lowest BCUT2D eigenvalue weighted by Crippen LogP contribution is -1.98. The number of carbonyl (C=O) groups is 1. The highest BCUT2D eigenvalue weighted by Gasteiger charge is 2.08. The zero-order valence-electron chi connectivity index (χ0n) is 7.92. The summed E-state index contributed by atoms with van der Waals surface area (Å²) in [6.45, 7) is 3.87. The largest absolute Gasteiger partial charge is 0.478 e. The molecule has 0 saturated heterocycles. The molecule has 3 heteroatoms. The number of aryl methyl sites for hydroxylation is 2. The fraction of sp³-hybridized carbons (Fsp3) is 0.300. The van der Waals surface area contributed by atoms with Crippen LogP contribution in [0.5, 0.6) is 0 Å². The van der Waals surface area contributed by atoms with Gasteiger partial charge < -0.3 is 5.11 Å². The van der Waals surface area contributed by atoms with Crippen molar-refractivity contribution < 1.29 is 9.90 Å². The standard InChI is InChI=1S/C10H12O2S/c1-6-4-8(10(11)12)5-7(2)9(6)13-3/h4-5H,1-3H3,(H,11,12). The maximum Gasteiger partial charge on any atom is 0.335 e. The van der Waals surface area contributed by atoms with Crippen molar-refractivity contribution in [2.75, 3.05) is 6.26 Å². The van der Waals surface area contributed by atoms with E-state index in [4.69, 9.17) is 5.11 Å². The Balaban J connectivity index is 3.28. The van der Waals surface area contributed by atoms with Crippen molar-refractivity contribution in [3.8, 4) is 0 Å². The number of carboxylic acids is 1. The summed E-state index contributed by atoms with van der Waals surface area (Å²) in [6.07, 6.45) is 2.00. The summed E-state index contributed by atoms with van der Waals surface area (Å²) in [6, 6.07) is 3.42. The van der Waals surface area contributed by atoms with Crippen LogP contribution in [0.15, 0.2) is 17.0 Å². The van der Waals surface area contributed by atoms with Crippen molar-refractivity contribution in [2.45, 2.75) is 18.7 Å². The Kier molecular flexibility index (Phi) is 2.98. The number of benzene rings is 1. The van der Waals surface area contributed by atoms with Gasteiger partial charge in [-0.3, -0.25) is 0 Å². The summed E-state index contributed by atoms with van der Waals surface area (Å²) in [5.41, 5.74) is 2.43. The predicted octanol–water partition coefficient (Wildman–Crippen LogP) is 2.72. The van der Waals surface area contributed by atoms with E-state index in [1.165, 1.54) is 4.90 Å². The van der Waals surface area contributed by atoms with Crippen LogP contribution < -0.4 is 0 Å². The number of aromatic carboxylic acids is 1. The number of hydrogen-bond acceptors (Lipinski definition) is 2. The van der Waals surface area contributed by atoms with E-state index in [9.17, 15) is 4.79 Å². The van der Waals surface area contributed by atoms with Gasteiger partial charge in [0.15, 0.2) is 0 Å². The van der Waals surface area contributed by atoms with Crippen molar-refractivity contribution in [3.05, 3.63) is 28.8 Å². The van der Waals surface area contributed by atoms with E-state index >= 15 is 0 Å². The molecule has 2 nitrogen and oxygen atoms in total. The molecule has 0 spiro atoms. The van der Waals surface area contributed by atoms with Gasteiger partial charge in [-0.15, -0.1) is 11.8 Å². The molecule has 0 aliphatic carbocycles. The van der Waals surface area contributed by atoms with Crippen molar-refractivity contribution in [1.29, 1.82) is 0 Å². The molecule has 0 fully saturated rings. The zero-order chi connectivity index (χ0) is 10.0. The van der Waals surface area contributed by atoms with Crippen LogP contribution in [-0.4, -0.2) is 17.3 Å². The lowest BCUT2D eigenvalue weighted by molar-refractivity contribution is 0.0696. The second-order valence-corrected chi connectivity index (χ2v) is 3.76. The second-order valence-electron chi connectivity index (χ2n) is 2.95. The quantitative estimate of drug-likeness (QED) is 0.739. The Morgan fingerprint density at radius 2 is 1.77 bits per heavy atom. The van der Waals surface area contributed by atoms with Crippen LogP contribution in [-0.2, 0) is 0 Å². The maximum absolute atomic E-state index is 10.7. The Bertz CT molecular complexity index is 322. The molecule has 70 valence electrons. The Morgan fingerprint density at radius 1 is 1.31 bits per heavy atom. The van der Waals surface area contributed by atoms with Crippen LogP contribution >= 0.6 is 11.8 Å². The van der Waals surface area contributed by atoms with Gasteiger partial charge in [-0.2, -0.15) is 0 Å². The summed E-state index contributed by atoms with van der Waals surface area (Å²) in [5.74, 6) is -0.862. The van der Waals surface area contributed by atoms with E-state index in [-0.39, 0.29) is 0 Å². The first kappa shape index (κ1) is 10.1. The summed E-state index contributed by atoms with van der Waals surface area (Å²) >= 11 is 1.65. The molecule has 0 aliphatic rings. The minimum absolute atomic E-state index is 0.368. The van der Waals surface area contributed by atoms with Gasteiger partial charge >= 0.3 is 5.97 Å². The molecule has 0 atom stereocenters. The average molecular weight is 196 g/mol. The molecular formula is C10H12O2S. The van der Waals surface area contributed by atoms with Gasteiger partial charge in [-0.05, 0) is 43.4 Å². The molecule has 0 amide bonds. The minimum atomic E-state index is -0.862. The molecular weight excluding hydrogens is 184 g/mol. The molecule has 0 unspecified atom stereocenters. The SMILES string of the molecule is CSc1c(C)cc(C(=O)O)cc1C. The average Bonchev–Trinajstić information content (AvgIpc) is 2.03. The highest BCUT2D eigenvalue weighted by Crippen LogP contribution is 2.25. The first-order chi connectivity index (χ1) is 6.06. The monoisotopic (exact) mass is 196 g/mol. The number of rotatable bonds is 2.